The predicted octanol–water partition coefficient (Wildman–Crippen LogP) is 3.67. The van der Waals surface area contributed by atoms with Crippen molar-refractivity contribution in [2.24, 2.45) is 0 Å². The number of hydrogen-bond donors (Lipinski definition) is 2. The summed E-state index contributed by atoms with van der Waals surface area (Å²) in [7, 11) is 1.51. The standard InChI is InChI=1S/C16H12BrNO3/c1-21-11-6-13-16(14(19)7-11)15(20)8-12(18-13)9-3-2-4-10(17)5-9/h2-8,19H,1H3,(H,18,20). The fraction of sp³-hybridized carbons (Fsp3) is 0.0625. The average Bonchev–Trinajstić information content (AvgIpc) is 2.46. The van der Waals surface area contributed by atoms with Gasteiger partial charge in [-0.3, -0.25) is 4.79 Å². The summed E-state index contributed by atoms with van der Waals surface area (Å²) in [5.41, 5.74) is 1.86. The van der Waals surface area contributed by atoms with Gasteiger partial charge in [-0.1, -0.05) is 28.1 Å². The summed E-state index contributed by atoms with van der Waals surface area (Å²) >= 11 is 3.41. The summed E-state index contributed by atoms with van der Waals surface area (Å²) in [6, 6.07) is 12.2. The van der Waals surface area contributed by atoms with E-state index in [1.807, 2.05) is 24.3 Å². The number of hydrogen-bond acceptors (Lipinski definition) is 3. The van der Waals surface area contributed by atoms with Gasteiger partial charge in [0.1, 0.15) is 11.5 Å². The highest BCUT2D eigenvalue weighted by molar-refractivity contribution is 9.10. The van der Waals surface area contributed by atoms with Crippen molar-refractivity contribution in [2.75, 3.05) is 7.11 Å². The van der Waals surface area contributed by atoms with Crippen molar-refractivity contribution in [3.05, 3.63) is 57.2 Å². The Balaban J connectivity index is 2.30. The summed E-state index contributed by atoms with van der Waals surface area (Å²) in [6.45, 7) is 0. The summed E-state index contributed by atoms with van der Waals surface area (Å²) in [5, 5.41) is 10.2. The van der Waals surface area contributed by atoms with Crippen LogP contribution in [0.4, 0.5) is 0 Å². The number of fused-ring (bicyclic) bond motifs is 1. The Labute approximate surface area is 129 Å². The second kappa shape index (κ2) is 5.26. The fourth-order valence-electron chi connectivity index (χ4n) is 2.27. The Morgan fingerprint density at radius 1 is 1.19 bits per heavy atom. The molecule has 0 spiro atoms. The number of nitrogens with one attached hydrogen (secondary N) is 1. The molecule has 106 valence electrons. The molecule has 4 nitrogen and oxygen atoms in total. The van der Waals surface area contributed by atoms with E-state index in [2.05, 4.69) is 20.9 Å². The normalized spacial score (nSPS) is 10.8. The maximum atomic E-state index is 12.2. The molecule has 0 amide bonds. The van der Waals surface area contributed by atoms with Gasteiger partial charge in [-0.15, -0.1) is 0 Å². The molecular formula is C16H12BrNO3. The average molecular weight is 346 g/mol. The summed E-state index contributed by atoms with van der Waals surface area (Å²) in [5.74, 6) is 0.397. The van der Waals surface area contributed by atoms with Gasteiger partial charge in [0.15, 0.2) is 5.43 Å². The van der Waals surface area contributed by atoms with E-state index in [0.29, 0.717) is 17.0 Å². The van der Waals surface area contributed by atoms with Gasteiger partial charge in [-0.25, -0.2) is 0 Å². The molecule has 0 bridgehead atoms. The highest BCUT2D eigenvalue weighted by Crippen LogP contribution is 2.29. The third kappa shape index (κ3) is 2.52. The molecule has 2 aromatic carbocycles. The van der Waals surface area contributed by atoms with Gasteiger partial charge in [-0.2, -0.15) is 0 Å². The minimum atomic E-state index is -0.237. The first-order chi connectivity index (χ1) is 10.1. The van der Waals surface area contributed by atoms with Crippen LogP contribution in [0.1, 0.15) is 0 Å². The van der Waals surface area contributed by atoms with Gasteiger partial charge in [0.2, 0.25) is 0 Å². The minimum absolute atomic E-state index is 0.0913. The molecule has 0 aliphatic rings. The molecule has 0 radical (unpaired) electrons. The summed E-state index contributed by atoms with van der Waals surface area (Å²) in [4.78, 5) is 15.4. The van der Waals surface area contributed by atoms with Crippen LogP contribution < -0.4 is 10.2 Å². The van der Waals surface area contributed by atoms with Crippen LogP contribution >= 0.6 is 15.9 Å². The zero-order chi connectivity index (χ0) is 15.0. The topological polar surface area (TPSA) is 62.3 Å². The molecule has 0 unspecified atom stereocenters. The third-order valence-electron chi connectivity index (χ3n) is 3.25. The Hall–Kier alpha value is -2.27. The smallest absolute Gasteiger partial charge is 0.193 e. The second-order valence-electron chi connectivity index (χ2n) is 4.63. The third-order valence-corrected chi connectivity index (χ3v) is 3.75. The van der Waals surface area contributed by atoms with Crippen LogP contribution in [0.25, 0.3) is 22.2 Å². The van der Waals surface area contributed by atoms with Crippen LogP contribution in [0.3, 0.4) is 0 Å². The van der Waals surface area contributed by atoms with E-state index in [4.69, 9.17) is 4.74 Å². The van der Waals surface area contributed by atoms with Crippen molar-refractivity contribution in [3.8, 4) is 22.8 Å². The Morgan fingerprint density at radius 2 is 2.00 bits per heavy atom. The Kier molecular flexibility index (Phi) is 3.43. The van der Waals surface area contributed by atoms with Gasteiger partial charge in [0.05, 0.1) is 18.0 Å². The maximum absolute atomic E-state index is 12.2. The lowest BCUT2D eigenvalue weighted by molar-refractivity contribution is 0.409. The van der Waals surface area contributed by atoms with Crippen molar-refractivity contribution in [2.45, 2.75) is 0 Å². The van der Waals surface area contributed by atoms with E-state index >= 15 is 0 Å². The molecule has 3 rings (SSSR count). The van der Waals surface area contributed by atoms with Crippen molar-refractivity contribution < 1.29 is 9.84 Å². The number of H-pyrrole nitrogens is 1. The fourth-order valence-corrected chi connectivity index (χ4v) is 2.67. The molecular weight excluding hydrogens is 334 g/mol. The number of benzene rings is 2. The number of rotatable bonds is 2. The SMILES string of the molecule is COc1cc(O)c2c(=O)cc(-c3cccc(Br)c3)[nH]c2c1. The van der Waals surface area contributed by atoms with Gasteiger partial charge in [-0.05, 0) is 17.7 Å². The molecule has 0 saturated heterocycles. The Bertz CT molecular complexity index is 886. The molecule has 0 aliphatic carbocycles. The van der Waals surface area contributed by atoms with Gasteiger partial charge >= 0.3 is 0 Å². The molecule has 21 heavy (non-hydrogen) atoms. The number of phenolic OH excluding ortho intramolecular Hbond substituents is 1. The number of aromatic nitrogens is 1. The minimum Gasteiger partial charge on any atom is -0.507 e. The molecule has 3 aromatic rings. The first kappa shape index (κ1) is 13.7. The van der Waals surface area contributed by atoms with E-state index in [1.54, 1.807) is 6.07 Å². The van der Waals surface area contributed by atoms with Crippen molar-refractivity contribution >= 4 is 26.8 Å². The number of methoxy groups -OCH3 is 1. The molecule has 2 N–H and O–H groups in total. The van der Waals surface area contributed by atoms with E-state index in [9.17, 15) is 9.90 Å². The van der Waals surface area contributed by atoms with E-state index in [-0.39, 0.29) is 16.6 Å². The predicted molar refractivity (Wildman–Crippen MR) is 85.9 cm³/mol. The van der Waals surface area contributed by atoms with Crippen molar-refractivity contribution in [1.82, 2.24) is 4.98 Å². The lowest BCUT2D eigenvalue weighted by Crippen LogP contribution is -2.03. The van der Waals surface area contributed by atoms with E-state index < -0.39 is 0 Å². The molecule has 0 aliphatic heterocycles. The van der Waals surface area contributed by atoms with Gasteiger partial charge < -0.3 is 14.8 Å². The first-order valence-electron chi connectivity index (χ1n) is 6.28. The van der Waals surface area contributed by atoms with Crippen LogP contribution in [0.15, 0.2) is 51.7 Å². The molecule has 0 atom stereocenters. The van der Waals surface area contributed by atoms with Crippen LogP contribution in [-0.2, 0) is 0 Å². The monoisotopic (exact) mass is 345 g/mol. The van der Waals surface area contributed by atoms with Crippen LogP contribution in [-0.4, -0.2) is 17.2 Å². The number of pyridine rings is 1. The van der Waals surface area contributed by atoms with E-state index in [1.165, 1.54) is 19.2 Å². The molecule has 5 heteroatoms. The summed E-state index contributed by atoms with van der Waals surface area (Å²) in [6.07, 6.45) is 0. The highest BCUT2D eigenvalue weighted by Gasteiger charge is 2.10. The lowest BCUT2D eigenvalue weighted by Gasteiger charge is -2.08. The largest absolute Gasteiger partial charge is 0.507 e. The van der Waals surface area contributed by atoms with Crippen molar-refractivity contribution in [3.63, 3.8) is 0 Å². The number of halogens is 1. The van der Waals surface area contributed by atoms with Crippen LogP contribution in [0, 0.1) is 0 Å². The molecule has 1 aromatic heterocycles. The quantitative estimate of drug-likeness (QED) is 0.744. The van der Waals surface area contributed by atoms with Crippen LogP contribution in [0.2, 0.25) is 0 Å². The Morgan fingerprint density at radius 3 is 2.71 bits per heavy atom. The first-order valence-corrected chi connectivity index (χ1v) is 7.08. The molecule has 0 fully saturated rings. The maximum Gasteiger partial charge on any atom is 0.193 e. The number of phenols is 1. The summed E-state index contributed by atoms with van der Waals surface area (Å²) < 4.78 is 6.04. The van der Waals surface area contributed by atoms with Crippen molar-refractivity contribution in [1.29, 1.82) is 0 Å². The van der Waals surface area contributed by atoms with Gasteiger partial charge in [0, 0.05) is 28.4 Å². The molecule has 0 saturated carbocycles. The van der Waals surface area contributed by atoms with Crippen LogP contribution in [0.5, 0.6) is 11.5 Å². The number of aromatic hydroxyl groups is 1. The zero-order valence-corrected chi connectivity index (χ0v) is 12.8. The second-order valence-corrected chi connectivity index (χ2v) is 5.54. The molecule has 1 heterocycles. The number of ether oxygens (including phenoxy) is 1. The number of aromatic amines is 1. The lowest BCUT2D eigenvalue weighted by atomic mass is 10.1. The highest BCUT2D eigenvalue weighted by atomic mass is 79.9. The van der Waals surface area contributed by atoms with Gasteiger partial charge in [0.25, 0.3) is 0 Å². The van der Waals surface area contributed by atoms with E-state index in [0.717, 1.165) is 10.0 Å². The zero-order valence-electron chi connectivity index (χ0n) is 11.2.